The average molecular weight is 521 g/mol. The molecule has 180 valence electrons. The van der Waals surface area contributed by atoms with Gasteiger partial charge in [-0.05, 0) is 43.3 Å². The Hall–Kier alpha value is -3.96. The van der Waals surface area contributed by atoms with Crippen molar-refractivity contribution in [3.05, 3.63) is 65.4 Å². The molecule has 1 N–H and O–H groups in total. The monoisotopic (exact) mass is 520 g/mol. The lowest BCUT2D eigenvalue weighted by molar-refractivity contribution is -0.141. The lowest BCUT2D eigenvalue weighted by Crippen LogP contribution is -2.13. The number of hydrogen-bond donors (Lipinski definition) is 1. The molecule has 3 heterocycles. The van der Waals surface area contributed by atoms with Gasteiger partial charge in [0, 0.05) is 23.7 Å². The zero-order valence-electron chi connectivity index (χ0n) is 17.8. The van der Waals surface area contributed by atoms with E-state index in [-0.39, 0.29) is 39.5 Å². The lowest BCUT2D eigenvalue weighted by atomic mass is 10.1. The fourth-order valence-electron chi connectivity index (χ4n) is 3.02. The van der Waals surface area contributed by atoms with Gasteiger partial charge in [-0.2, -0.15) is 23.5 Å². The predicted molar refractivity (Wildman–Crippen MR) is 120 cm³/mol. The van der Waals surface area contributed by atoms with E-state index in [9.17, 15) is 26.9 Å². The average Bonchev–Trinajstić information content (AvgIpc) is 3.49. The molecule has 0 aliphatic heterocycles. The van der Waals surface area contributed by atoms with Gasteiger partial charge in [-0.3, -0.25) is 9.40 Å². The lowest BCUT2D eigenvalue weighted by Gasteiger charge is -2.10. The first-order valence-corrected chi connectivity index (χ1v) is 12.2. The number of aromatic nitrogens is 4. The van der Waals surface area contributed by atoms with Crippen LogP contribution in [0.4, 0.5) is 18.3 Å². The molecule has 0 saturated heterocycles. The van der Waals surface area contributed by atoms with Crippen LogP contribution in [-0.4, -0.2) is 28.2 Å². The van der Waals surface area contributed by atoms with Crippen molar-refractivity contribution >= 4 is 26.5 Å². The number of nitriles is 1. The summed E-state index contributed by atoms with van der Waals surface area (Å²) in [5.74, 6) is 0.110. The van der Waals surface area contributed by atoms with Gasteiger partial charge in [-0.15, -0.1) is 11.3 Å². The van der Waals surface area contributed by atoms with Gasteiger partial charge in [0.05, 0.1) is 11.9 Å². The molecule has 35 heavy (non-hydrogen) atoms. The summed E-state index contributed by atoms with van der Waals surface area (Å²) in [7, 11) is -4.02. The van der Waals surface area contributed by atoms with Gasteiger partial charge in [0.25, 0.3) is 10.0 Å². The largest absolute Gasteiger partial charge is 0.438 e. The fourth-order valence-corrected chi connectivity index (χ4v) is 4.78. The highest BCUT2D eigenvalue weighted by Crippen LogP contribution is 2.33. The topological polar surface area (TPSA) is 123 Å². The summed E-state index contributed by atoms with van der Waals surface area (Å²) in [5, 5.41) is 14.8. The van der Waals surface area contributed by atoms with E-state index in [1.54, 1.807) is 24.4 Å². The third-order valence-electron chi connectivity index (χ3n) is 4.65. The van der Waals surface area contributed by atoms with Crippen LogP contribution in [0.5, 0.6) is 11.6 Å². The SMILES string of the molecule is CCn1nc(C(F)(F)F)cc1-c1ccc(Oc2ncc(S(=O)(=O)Nc3nccs3)cc2C#N)cc1. The number of anilines is 1. The van der Waals surface area contributed by atoms with Crippen LogP contribution in [0.25, 0.3) is 11.3 Å². The number of nitrogens with one attached hydrogen (secondary N) is 1. The maximum atomic E-state index is 13.0. The van der Waals surface area contributed by atoms with Crippen LogP contribution in [0.15, 0.2) is 59.1 Å². The molecule has 0 aliphatic carbocycles. The number of benzene rings is 1. The number of alkyl halides is 3. The van der Waals surface area contributed by atoms with Gasteiger partial charge in [-0.25, -0.2) is 18.4 Å². The number of nitrogens with zero attached hydrogens (tertiary/aromatic N) is 5. The Morgan fingerprint density at radius 3 is 2.54 bits per heavy atom. The van der Waals surface area contributed by atoms with Crippen molar-refractivity contribution < 1.29 is 26.3 Å². The molecule has 4 aromatic rings. The number of halogens is 3. The first kappa shape index (κ1) is 24.2. The van der Waals surface area contributed by atoms with Gasteiger partial charge in [0.1, 0.15) is 22.3 Å². The Morgan fingerprint density at radius 1 is 1.20 bits per heavy atom. The van der Waals surface area contributed by atoms with Crippen LogP contribution in [0.1, 0.15) is 18.2 Å². The van der Waals surface area contributed by atoms with Crippen molar-refractivity contribution in [2.45, 2.75) is 24.5 Å². The molecule has 0 atom stereocenters. The van der Waals surface area contributed by atoms with Crippen molar-refractivity contribution in [1.29, 1.82) is 5.26 Å². The van der Waals surface area contributed by atoms with Gasteiger partial charge in [-0.1, -0.05) is 0 Å². The van der Waals surface area contributed by atoms with Crippen molar-refractivity contribution in [3.63, 3.8) is 0 Å². The quantitative estimate of drug-likeness (QED) is 0.367. The second-order valence-electron chi connectivity index (χ2n) is 6.93. The Balaban J connectivity index is 1.56. The fraction of sp³-hybridized carbons (Fsp3) is 0.143. The molecule has 9 nitrogen and oxygen atoms in total. The number of aryl methyl sites for hydroxylation is 1. The second kappa shape index (κ2) is 9.35. The minimum Gasteiger partial charge on any atom is -0.438 e. The smallest absolute Gasteiger partial charge is 0.435 e. The van der Waals surface area contributed by atoms with Crippen LogP contribution >= 0.6 is 11.3 Å². The van der Waals surface area contributed by atoms with Crippen molar-refractivity contribution in [2.75, 3.05) is 4.72 Å². The molecule has 0 saturated carbocycles. The van der Waals surface area contributed by atoms with E-state index in [1.807, 2.05) is 6.07 Å². The third-order valence-corrected chi connectivity index (χ3v) is 6.77. The Bertz CT molecular complexity index is 1490. The molecule has 0 amide bonds. The van der Waals surface area contributed by atoms with E-state index in [4.69, 9.17) is 4.74 Å². The molecule has 4 rings (SSSR count). The maximum Gasteiger partial charge on any atom is 0.435 e. The highest BCUT2D eigenvalue weighted by atomic mass is 32.2. The molecule has 0 radical (unpaired) electrons. The predicted octanol–water partition coefficient (Wildman–Crippen LogP) is 4.91. The van der Waals surface area contributed by atoms with E-state index in [0.717, 1.165) is 29.7 Å². The van der Waals surface area contributed by atoms with E-state index < -0.39 is 21.9 Å². The summed E-state index contributed by atoms with van der Waals surface area (Å²) in [6, 6.07) is 10.0. The summed E-state index contributed by atoms with van der Waals surface area (Å²) >= 11 is 1.09. The molecule has 0 spiro atoms. The Morgan fingerprint density at radius 2 is 1.94 bits per heavy atom. The Kier molecular flexibility index (Phi) is 6.46. The first-order chi connectivity index (χ1) is 16.6. The normalized spacial score (nSPS) is 11.7. The standard InChI is InChI=1S/C21H15F3N6O3S2/c1-2-30-17(10-18(28-30)21(22,23)24)13-3-5-15(6-4-13)33-19-14(11-25)9-16(12-27-19)35(31,32)29-20-26-7-8-34-20/h3-10,12H,2H2,1H3,(H,26,29). The summed E-state index contributed by atoms with van der Waals surface area (Å²) in [6.45, 7) is 1.92. The van der Waals surface area contributed by atoms with Gasteiger partial charge >= 0.3 is 6.18 Å². The number of thiazole rings is 1. The van der Waals surface area contributed by atoms with Crippen LogP contribution in [0, 0.1) is 11.3 Å². The third kappa shape index (κ3) is 5.26. The minimum absolute atomic E-state index is 0.130. The summed E-state index contributed by atoms with van der Waals surface area (Å²) < 4.78 is 73.3. The molecule has 1 aromatic carbocycles. The van der Waals surface area contributed by atoms with Crippen molar-refractivity contribution in [1.82, 2.24) is 19.7 Å². The molecule has 3 aromatic heterocycles. The first-order valence-electron chi connectivity index (χ1n) is 9.86. The second-order valence-corrected chi connectivity index (χ2v) is 9.51. The summed E-state index contributed by atoms with van der Waals surface area (Å²) in [6.07, 6.45) is -2.08. The van der Waals surface area contributed by atoms with Crippen LogP contribution in [0.2, 0.25) is 0 Å². The summed E-state index contributed by atoms with van der Waals surface area (Å²) in [5.41, 5.74) is -0.359. The molecule has 0 unspecified atom stereocenters. The maximum absolute atomic E-state index is 13.0. The van der Waals surface area contributed by atoms with Crippen LogP contribution in [-0.2, 0) is 22.7 Å². The molecular weight excluding hydrogens is 505 g/mol. The van der Waals surface area contributed by atoms with Gasteiger partial charge < -0.3 is 4.74 Å². The van der Waals surface area contributed by atoms with Crippen molar-refractivity contribution in [3.8, 4) is 29.0 Å². The number of pyridine rings is 1. The molecule has 0 fully saturated rings. The highest BCUT2D eigenvalue weighted by molar-refractivity contribution is 7.93. The zero-order chi connectivity index (χ0) is 25.2. The number of ether oxygens (including phenoxy) is 1. The number of hydrogen-bond acceptors (Lipinski definition) is 8. The molecule has 14 heteroatoms. The zero-order valence-corrected chi connectivity index (χ0v) is 19.4. The number of sulfonamides is 1. The van der Waals surface area contributed by atoms with Crippen molar-refractivity contribution in [2.24, 2.45) is 0 Å². The van der Waals surface area contributed by atoms with E-state index in [1.165, 1.54) is 23.0 Å². The van der Waals surface area contributed by atoms with Gasteiger partial charge in [0.2, 0.25) is 5.88 Å². The minimum atomic E-state index is -4.56. The molecular formula is C21H15F3N6O3S2. The van der Waals surface area contributed by atoms with Crippen LogP contribution < -0.4 is 9.46 Å². The molecule has 0 bridgehead atoms. The molecule has 0 aliphatic rings. The van der Waals surface area contributed by atoms with Crippen LogP contribution in [0.3, 0.4) is 0 Å². The van der Waals surface area contributed by atoms with Gasteiger partial charge in [0.15, 0.2) is 10.8 Å². The Labute approximate surface area is 201 Å². The van der Waals surface area contributed by atoms with E-state index in [2.05, 4.69) is 19.8 Å². The van der Waals surface area contributed by atoms with E-state index >= 15 is 0 Å². The highest BCUT2D eigenvalue weighted by Gasteiger charge is 2.35. The summed E-state index contributed by atoms with van der Waals surface area (Å²) in [4.78, 5) is 7.56. The number of rotatable bonds is 7. The van der Waals surface area contributed by atoms with E-state index in [0.29, 0.717) is 5.56 Å².